The molecule has 0 spiro atoms. The average molecular weight is 274 g/mol. The van der Waals surface area contributed by atoms with Crippen molar-refractivity contribution in [2.75, 3.05) is 13.1 Å². The van der Waals surface area contributed by atoms with E-state index in [2.05, 4.69) is 13.8 Å². The Morgan fingerprint density at radius 2 is 1.85 bits per heavy atom. The topological polar surface area (TPSA) is 46.3 Å². The largest absolute Gasteiger partial charge is 0.341 e. The molecule has 0 aliphatic carbocycles. The number of hydrogen-bond donors (Lipinski definition) is 1. The summed E-state index contributed by atoms with van der Waals surface area (Å²) in [6.45, 7) is 8.01. The molecule has 1 aliphatic rings. The number of nitrogens with zero attached hydrogens (tertiary/aromatic N) is 1. The Balaban J connectivity index is 2.14. The molecule has 0 bridgehead atoms. The highest BCUT2D eigenvalue weighted by Crippen LogP contribution is 2.31. The van der Waals surface area contributed by atoms with Crippen molar-refractivity contribution in [1.82, 2.24) is 4.90 Å². The molecular weight excluding hydrogens is 248 g/mol. The monoisotopic (exact) mass is 274 g/mol. The van der Waals surface area contributed by atoms with Crippen molar-refractivity contribution in [1.29, 1.82) is 0 Å². The Morgan fingerprint density at radius 1 is 1.20 bits per heavy atom. The van der Waals surface area contributed by atoms with Gasteiger partial charge in [-0.05, 0) is 37.2 Å². The highest BCUT2D eigenvalue weighted by atomic mass is 16.2. The van der Waals surface area contributed by atoms with Gasteiger partial charge in [0.2, 0.25) is 5.91 Å². The maximum atomic E-state index is 12.8. The fourth-order valence-corrected chi connectivity index (χ4v) is 2.86. The van der Waals surface area contributed by atoms with Crippen LogP contribution in [0.4, 0.5) is 0 Å². The number of rotatable bonds is 2. The van der Waals surface area contributed by atoms with Crippen molar-refractivity contribution in [3.8, 4) is 0 Å². The van der Waals surface area contributed by atoms with Crippen LogP contribution >= 0.6 is 0 Å². The quantitative estimate of drug-likeness (QED) is 0.901. The molecule has 1 heterocycles. The molecule has 1 atom stereocenters. The third-order valence-corrected chi connectivity index (χ3v) is 4.45. The molecule has 1 unspecified atom stereocenters. The van der Waals surface area contributed by atoms with Crippen molar-refractivity contribution in [2.45, 2.75) is 45.6 Å². The second-order valence-electron chi connectivity index (χ2n) is 6.88. The first kappa shape index (κ1) is 15.0. The molecule has 0 radical (unpaired) electrons. The van der Waals surface area contributed by atoms with E-state index >= 15 is 0 Å². The van der Waals surface area contributed by atoms with E-state index in [9.17, 15) is 4.79 Å². The summed E-state index contributed by atoms with van der Waals surface area (Å²) in [4.78, 5) is 14.7. The predicted molar refractivity (Wildman–Crippen MR) is 82.2 cm³/mol. The standard InChI is InChI=1S/C17H26N2O/c1-16(2)10-7-12-19(13-11-16)15(20)17(3,18)14-8-5-4-6-9-14/h4-6,8-9H,7,10-13,18H2,1-3H3. The summed E-state index contributed by atoms with van der Waals surface area (Å²) in [6, 6.07) is 9.66. The van der Waals surface area contributed by atoms with Crippen molar-refractivity contribution in [3.05, 3.63) is 35.9 Å². The van der Waals surface area contributed by atoms with Gasteiger partial charge < -0.3 is 10.6 Å². The van der Waals surface area contributed by atoms with Gasteiger partial charge in [-0.1, -0.05) is 44.2 Å². The van der Waals surface area contributed by atoms with E-state index in [0.717, 1.165) is 31.5 Å². The number of benzene rings is 1. The van der Waals surface area contributed by atoms with Gasteiger partial charge >= 0.3 is 0 Å². The smallest absolute Gasteiger partial charge is 0.246 e. The lowest BCUT2D eigenvalue weighted by atomic mass is 9.85. The van der Waals surface area contributed by atoms with E-state index in [4.69, 9.17) is 5.73 Å². The highest BCUT2D eigenvalue weighted by molar-refractivity contribution is 5.87. The molecule has 110 valence electrons. The minimum atomic E-state index is -0.935. The van der Waals surface area contributed by atoms with Crippen molar-refractivity contribution in [3.63, 3.8) is 0 Å². The van der Waals surface area contributed by atoms with E-state index in [1.807, 2.05) is 42.2 Å². The van der Waals surface area contributed by atoms with Gasteiger partial charge in [0, 0.05) is 13.1 Å². The fourth-order valence-electron chi connectivity index (χ4n) is 2.86. The van der Waals surface area contributed by atoms with Crippen LogP contribution in [0.5, 0.6) is 0 Å². The fraction of sp³-hybridized carbons (Fsp3) is 0.588. The normalized spacial score (nSPS) is 21.9. The van der Waals surface area contributed by atoms with Gasteiger partial charge in [-0.15, -0.1) is 0 Å². The highest BCUT2D eigenvalue weighted by Gasteiger charge is 2.36. The van der Waals surface area contributed by atoms with E-state index in [1.165, 1.54) is 6.42 Å². The Bertz CT molecular complexity index is 465. The number of amides is 1. The lowest BCUT2D eigenvalue weighted by Gasteiger charge is -2.32. The first-order chi connectivity index (χ1) is 9.33. The summed E-state index contributed by atoms with van der Waals surface area (Å²) < 4.78 is 0. The minimum absolute atomic E-state index is 0.0430. The minimum Gasteiger partial charge on any atom is -0.341 e. The van der Waals surface area contributed by atoms with Crippen molar-refractivity contribution in [2.24, 2.45) is 11.1 Å². The molecule has 2 N–H and O–H groups in total. The third kappa shape index (κ3) is 3.21. The zero-order chi connectivity index (χ0) is 14.8. The van der Waals surface area contributed by atoms with Crippen molar-refractivity contribution < 1.29 is 4.79 Å². The number of carbonyl (C=O) groups excluding carboxylic acids is 1. The maximum absolute atomic E-state index is 12.8. The molecule has 0 aromatic heterocycles. The first-order valence-electron chi connectivity index (χ1n) is 7.47. The third-order valence-electron chi connectivity index (χ3n) is 4.45. The molecule has 1 aromatic rings. The summed E-state index contributed by atoms with van der Waals surface area (Å²) in [7, 11) is 0. The molecule has 1 aliphatic heterocycles. The Labute approximate surface area is 122 Å². The summed E-state index contributed by atoms with van der Waals surface area (Å²) in [6.07, 6.45) is 3.27. The van der Waals surface area contributed by atoms with Crippen LogP contribution in [0.15, 0.2) is 30.3 Å². The van der Waals surface area contributed by atoms with Crippen LogP contribution in [0, 0.1) is 5.41 Å². The van der Waals surface area contributed by atoms with Crippen LogP contribution in [-0.4, -0.2) is 23.9 Å². The Kier molecular flexibility index (Phi) is 4.19. The lowest BCUT2D eigenvalue weighted by Crippen LogP contribution is -2.51. The molecule has 0 saturated carbocycles. The van der Waals surface area contributed by atoms with Gasteiger partial charge in [0.25, 0.3) is 0 Å². The molecule has 3 nitrogen and oxygen atoms in total. The van der Waals surface area contributed by atoms with Gasteiger partial charge in [-0.2, -0.15) is 0 Å². The Hall–Kier alpha value is -1.35. The summed E-state index contributed by atoms with van der Waals surface area (Å²) in [5.74, 6) is 0.0430. The van der Waals surface area contributed by atoms with Crippen LogP contribution in [0.3, 0.4) is 0 Å². The first-order valence-corrected chi connectivity index (χ1v) is 7.47. The molecule has 3 heteroatoms. The predicted octanol–water partition coefficient (Wildman–Crippen LogP) is 2.90. The summed E-state index contributed by atoms with van der Waals surface area (Å²) in [5.41, 5.74) is 6.61. The molecule has 1 amide bonds. The number of carbonyl (C=O) groups is 1. The van der Waals surface area contributed by atoms with E-state index < -0.39 is 5.54 Å². The van der Waals surface area contributed by atoms with Gasteiger partial charge in [0.15, 0.2) is 0 Å². The van der Waals surface area contributed by atoms with Crippen LogP contribution in [0.1, 0.15) is 45.6 Å². The molecule has 1 fully saturated rings. The van der Waals surface area contributed by atoms with Crippen molar-refractivity contribution >= 4 is 5.91 Å². The molecule has 1 saturated heterocycles. The molecule has 1 aromatic carbocycles. The lowest BCUT2D eigenvalue weighted by molar-refractivity contribution is -0.136. The zero-order valence-electron chi connectivity index (χ0n) is 12.9. The SMILES string of the molecule is CC1(C)CCCN(C(=O)C(C)(N)c2ccccc2)CC1. The number of nitrogens with two attached hydrogens (primary N) is 1. The average Bonchev–Trinajstić information content (AvgIpc) is 2.60. The van der Waals surface area contributed by atoms with Gasteiger partial charge in [0.1, 0.15) is 5.54 Å². The zero-order valence-corrected chi connectivity index (χ0v) is 12.9. The molecule has 20 heavy (non-hydrogen) atoms. The van der Waals surface area contributed by atoms with Crippen LogP contribution < -0.4 is 5.73 Å². The summed E-state index contributed by atoms with van der Waals surface area (Å²) >= 11 is 0. The van der Waals surface area contributed by atoms with Gasteiger partial charge in [-0.25, -0.2) is 0 Å². The van der Waals surface area contributed by atoms with E-state index in [-0.39, 0.29) is 5.91 Å². The second-order valence-corrected chi connectivity index (χ2v) is 6.88. The summed E-state index contributed by atoms with van der Waals surface area (Å²) in [5, 5.41) is 0. The van der Waals surface area contributed by atoms with Gasteiger partial charge in [-0.3, -0.25) is 4.79 Å². The van der Waals surface area contributed by atoms with E-state index in [0.29, 0.717) is 5.41 Å². The number of hydrogen-bond acceptors (Lipinski definition) is 2. The number of likely N-dealkylation sites (tertiary alicyclic amines) is 1. The molecule has 2 rings (SSSR count). The molecular formula is C17H26N2O. The van der Waals surface area contributed by atoms with Gasteiger partial charge in [0.05, 0.1) is 0 Å². The second kappa shape index (κ2) is 5.57. The van der Waals surface area contributed by atoms with Crippen LogP contribution in [-0.2, 0) is 10.3 Å². The Morgan fingerprint density at radius 3 is 2.50 bits per heavy atom. The van der Waals surface area contributed by atoms with E-state index in [1.54, 1.807) is 0 Å². The maximum Gasteiger partial charge on any atom is 0.246 e. The van der Waals surface area contributed by atoms with Crippen LogP contribution in [0.2, 0.25) is 0 Å². The van der Waals surface area contributed by atoms with Crippen LogP contribution in [0.25, 0.3) is 0 Å².